The lowest BCUT2D eigenvalue weighted by molar-refractivity contribution is 0.455. The number of aromatic hydroxyl groups is 2. The van der Waals surface area contributed by atoms with Crippen LogP contribution in [0.4, 0.5) is 0 Å². The average Bonchev–Trinajstić information content (AvgIpc) is 2.62. The molecule has 152 valence electrons. The molecule has 5 nitrogen and oxygen atoms in total. The highest BCUT2D eigenvalue weighted by Crippen LogP contribution is 2.49. The van der Waals surface area contributed by atoms with Gasteiger partial charge in [0, 0.05) is 15.6 Å². The summed E-state index contributed by atoms with van der Waals surface area (Å²) >= 11 is 24.5. The molecule has 29 heavy (non-hydrogen) atoms. The summed E-state index contributed by atoms with van der Waals surface area (Å²) in [5.74, 6) is -0.759. The van der Waals surface area contributed by atoms with Crippen molar-refractivity contribution in [3.63, 3.8) is 0 Å². The highest BCUT2D eigenvalue weighted by molar-refractivity contribution is 7.87. The molecule has 0 aliphatic heterocycles. The third-order valence-corrected chi connectivity index (χ3v) is 6.98. The molecule has 0 heterocycles. The molecule has 0 saturated carbocycles. The van der Waals surface area contributed by atoms with Gasteiger partial charge in [-0.2, -0.15) is 8.42 Å². The molecular formula is C19H12Cl4O5S. The van der Waals surface area contributed by atoms with E-state index in [0.717, 1.165) is 18.2 Å². The number of benzene rings is 3. The number of phenols is 2. The second-order valence-electron chi connectivity index (χ2n) is 6.12. The zero-order chi connectivity index (χ0) is 21.6. The summed E-state index contributed by atoms with van der Waals surface area (Å²) in [5, 5.41) is 19.5. The van der Waals surface area contributed by atoms with E-state index in [9.17, 15) is 23.2 Å². The molecule has 0 amide bonds. The quantitative estimate of drug-likeness (QED) is 0.311. The van der Waals surface area contributed by atoms with Gasteiger partial charge in [0.15, 0.2) is 10.5 Å². The maximum absolute atomic E-state index is 13.0. The van der Waals surface area contributed by atoms with E-state index in [2.05, 4.69) is 0 Å². The van der Waals surface area contributed by atoms with Crippen molar-refractivity contribution >= 4 is 56.5 Å². The Bertz CT molecular complexity index is 1190. The first-order valence-corrected chi connectivity index (χ1v) is 10.8. The minimum atomic E-state index is -5.04. The average molecular weight is 494 g/mol. The van der Waals surface area contributed by atoms with Crippen LogP contribution in [-0.2, 0) is 14.9 Å². The van der Waals surface area contributed by atoms with Crippen molar-refractivity contribution in [2.24, 2.45) is 0 Å². The summed E-state index contributed by atoms with van der Waals surface area (Å²) in [6.07, 6.45) is 0. The second-order valence-corrected chi connectivity index (χ2v) is 9.34. The van der Waals surface area contributed by atoms with Crippen LogP contribution >= 0.6 is 46.4 Å². The van der Waals surface area contributed by atoms with Gasteiger partial charge >= 0.3 is 0 Å². The van der Waals surface area contributed by atoms with Crippen LogP contribution in [0.5, 0.6) is 11.5 Å². The van der Waals surface area contributed by atoms with Gasteiger partial charge in [0.25, 0.3) is 10.1 Å². The summed E-state index contributed by atoms with van der Waals surface area (Å²) < 4.78 is 34.0. The van der Waals surface area contributed by atoms with Gasteiger partial charge < -0.3 is 10.2 Å². The standard InChI is InChI=1S/C19H12Cl4O5S/c20-12-3-1-2-10(6-12)19(29(26,27)28,14-9-13(24)4-5-15(14)21)11-7-16(22)18(25)17(23)8-11/h1-9,24-25H,(H,26,27,28). The lowest BCUT2D eigenvalue weighted by Gasteiger charge is -2.33. The summed E-state index contributed by atoms with van der Waals surface area (Å²) in [4.78, 5) is 0. The first kappa shape index (κ1) is 22.0. The Hall–Kier alpha value is -1.67. The summed E-state index contributed by atoms with van der Waals surface area (Å²) in [5.41, 5.74) is -0.276. The van der Waals surface area contributed by atoms with Crippen LogP contribution in [0.15, 0.2) is 54.6 Å². The lowest BCUT2D eigenvalue weighted by atomic mass is 9.83. The van der Waals surface area contributed by atoms with Crippen LogP contribution in [-0.4, -0.2) is 23.2 Å². The number of phenolic OH excluding ortho intramolecular Hbond substituents is 2. The van der Waals surface area contributed by atoms with Gasteiger partial charge in [0.05, 0.1) is 10.0 Å². The molecule has 0 fully saturated rings. The van der Waals surface area contributed by atoms with Gasteiger partial charge in [-0.1, -0.05) is 58.5 Å². The topological polar surface area (TPSA) is 94.8 Å². The normalized spacial score (nSPS) is 13.8. The van der Waals surface area contributed by atoms with Crippen LogP contribution in [0.1, 0.15) is 16.7 Å². The fourth-order valence-corrected chi connectivity index (χ4v) is 5.45. The molecule has 10 heteroatoms. The van der Waals surface area contributed by atoms with E-state index in [0.29, 0.717) is 0 Å². The van der Waals surface area contributed by atoms with E-state index in [4.69, 9.17) is 46.4 Å². The van der Waals surface area contributed by atoms with E-state index in [1.54, 1.807) is 0 Å². The van der Waals surface area contributed by atoms with Crippen LogP contribution in [0.3, 0.4) is 0 Å². The fourth-order valence-electron chi connectivity index (χ4n) is 3.17. The van der Waals surface area contributed by atoms with Crippen LogP contribution < -0.4 is 0 Å². The van der Waals surface area contributed by atoms with Crippen molar-refractivity contribution in [2.45, 2.75) is 4.75 Å². The number of hydrogen-bond acceptors (Lipinski definition) is 4. The smallest absolute Gasteiger partial charge is 0.283 e. The van der Waals surface area contributed by atoms with Crippen molar-refractivity contribution in [1.82, 2.24) is 0 Å². The first-order chi connectivity index (χ1) is 13.5. The number of rotatable bonds is 4. The van der Waals surface area contributed by atoms with Crippen molar-refractivity contribution in [3.8, 4) is 11.5 Å². The van der Waals surface area contributed by atoms with Gasteiger partial charge in [-0.05, 0) is 53.6 Å². The van der Waals surface area contributed by atoms with Crippen LogP contribution in [0, 0.1) is 0 Å². The predicted molar refractivity (Wildman–Crippen MR) is 114 cm³/mol. The van der Waals surface area contributed by atoms with E-state index >= 15 is 0 Å². The maximum atomic E-state index is 13.0. The third-order valence-electron chi connectivity index (χ3n) is 4.37. The Morgan fingerprint density at radius 1 is 0.759 bits per heavy atom. The molecule has 3 rings (SSSR count). The largest absolute Gasteiger partial charge is 0.508 e. The third kappa shape index (κ3) is 3.77. The molecule has 1 unspecified atom stereocenters. The molecule has 3 aromatic rings. The minimum absolute atomic E-state index is 0.0119. The number of halogens is 4. The molecule has 3 N–H and O–H groups in total. The number of hydrogen-bond donors (Lipinski definition) is 3. The van der Waals surface area contributed by atoms with Gasteiger partial charge in [0.1, 0.15) is 5.75 Å². The summed E-state index contributed by atoms with van der Waals surface area (Å²) in [7, 11) is -5.04. The zero-order valence-electron chi connectivity index (χ0n) is 14.3. The van der Waals surface area contributed by atoms with Gasteiger partial charge in [-0.15, -0.1) is 0 Å². The summed E-state index contributed by atoms with van der Waals surface area (Å²) in [6, 6.07) is 11.6. The fraction of sp³-hybridized carbons (Fsp3) is 0.0526. The van der Waals surface area contributed by atoms with E-state index in [1.807, 2.05) is 0 Å². The highest BCUT2D eigenvalue weighted by atomic mass is 35.5. The second kappa shape index (κ2) is 7.87. The lowest BCUT2D eigenvalue weighted by Crippen LogP contribution is -2.38. The maximum Gasteiger partial charge on any atom is 0.283 e. The molecule has 0 radical (unpaired) electrons. The predicted octanol–water partition coefficient (Wildman–Crippen LogP) is 5.89. The van der Waals surface area contributed by atoms with Crippen molar-refractivity contribution in [2.75, 3.05) is 0 Å². The molecule has 0 aliphatic carbocycles. The van der Waals surface area contributed by atoms with Gasteiger partial charge in [-0.3, -0.25) is 4.55 Å². The molecule has 3 aromatic carbocycles. The summed E-state index contributed by atoms with van der Waals surface area (Å²) in [6.45, 7) is 0. The Labute approximate surface area is 186 Å². The molecule has 0 bridgehead atoms. The van der Waals surface area contributed by atoms with Gasteiger partial charge in [-0.25, -0.2) is 0 Å². The van der Waals surface area contributed by atoms with Crippen molar-refractivity contribution < 1.29 is 23.2 Å². The van der Waals surface area contributed by atoms with Gasteiger partial charge in [0.2, 0.25) is 0 Å². The van der Waals surface area contributed by atoms with E-state index < -0.39 is 20.6 Å². The molecular weight excluding hydrogens is 482 g/mol. The van der Waals surface area contributed by atoms with E-state index in [1.165, 1.54) is 36.4 Å². The van der Waals surface area contributed by atoms with Crippen LogP contribution in [0.2, 0.25) is 20.1 Å². The van der Waals surface area contributed by atoms with Crippen molar-refractivity contribution in [3.05, 3.63) is 91.4 Å². The first-order valence-electron chi connectivity index (χ1n) is 7.89. The SMILES string of the molecule is O=S(=O)(O)C(c1cccc(Cl)c1)(c1cc(Cl)c(O)c(Cl)c1)c1cc(O)ccc1Cl. The Kier molecular flexibility index (Phi) is 5.98. The van der Waals surface area contributed by atoms with Crippen LogP contribution in [0.25, 0.3) is 0 Å². The Morgan fingerprint density at radius 3 is 1.93 bits per heavy atom. The molecule has 0 spiro atoms. The highest BCUT2D eigenvalue weighted by Gasteiger charge is 2.50. The zero-order valence-corrected chi connectivity index (χ0v) is 18.1. The molecule has 1 atom stereocenters. The monoisotopic (exact) mass is 492 g/mol. The van der Waals surface area contributed by atoms with Crippen molar-refractivity contribution in [1.29, 1.82) is 0 Å². The molecule has 0 aliphatic rings. The molecule has 0 saturated heterocycles. The minimum Gasteiger partial charge on any atom is -0.508 e. The Balaban J connectivity index is 2.61. The van der Waals surface area contributed by atoms with E-state index in [-0.39, 0.29) is 42.5 Å². The molecule has 0 aromatic heterocycles. The Morgan fingerprint density at radius 2 is 1.38 bits per heavy atom.